The fourth-order valence-corrected chi connectivity index (χ4v) is 8.19. The van der Waals surface area contributed by atoms with Crippen LogP contribution in [0.15, 0.2) is 6.20 Å². The van der Waals surface area contributed by atoms with E-state index < -0.39 is 54.7 Å². The number of carbonyl (C=O) groups is 1. The van der Waals surface area contributed by atoms with Crippen molar-refractivity contribution < 1.29 is 31.8 Å². The summed E-state index contributed by atoms with van der Waals surface area (Å²) < 4.78 is 64.9. The molecule has 2 saturated heterocycles. The Kier molecular flexibility index (Phi) is 6.97. The molecule has 2 aliphatic heterocycles. The minimum atomic E-state index is -4.60. The van der Waals surface area contributed by atoms with Gasteiger partial charge in [0.2, 0.25) is 0 Å². The van der Waals surface area contributed by atoms with E-state index in [9.17, 15) is 18.0 Å². The molecule has 4 heterocycles. The van der Waals surface area contributed by atoms with Crippen LogP contribution in [0, 0.1) is 5.82 Å². The van der Waals surface area contributed by atoms with E-state index in [1.54, 1.807) is 25.7 Å². The van der Waals surface area contributed by atoms with Crippen molar-refractivity contribution in [2.75, 3.05) is 24.6 Å². The monoisotopic (exact) mass is 621 g/mol. The number of ether oxygens (including phenoxy) is 2. The van der Waals surface area contributed by atoms with E-state index in [1.807, 2.05) is 19.7 Å². The van der Waals surface area contributed by atoms with Gasteiger partial charge in [0.05, 0.1) is 0 Å². The fraction of sp³-hybridized carbons (Fsp3) is 0.652. The summed E-state index contributed by atoms with van der Waals surface area (Å²) >= 11 is -3.00. The third-order valence-electron chi connectivity index (χ3n) is 6.10. The van der Waals surface area contributed by atoms with Gasteiger partial charge in [0.1, 0.15) is 0 Å². The molecular weight excluding hydrogens is 589 g/mol. The van der Waals surface area contributed by atoms with Crippen LogP contribution in [-0.2, 0) is 4.74 Å². The van der Waals surface area contributed by atoms with Crippen molar-refractivity contribution in [3.63, 3.8) is 0 Å². The van der Waals surface area contributed by atoms with Gasteiger partial charge in [0.25, 0.3) is 0 Å². The maximum atomic E-state index is 15.6. The Morgan fingerprint density at radius 1 is 1.11 bits per heavy atom. The van der Waals surface area contributed by atoms with Crippen LogP contribution in [0.25, 0.3) is 10.9 Å². The van der Waals surface area contributed by atoms with Crippen LogP contribution in [-0.4, -0.2) is 87.9 Å². The van der Waals surface area contributed by atoms with Crippen molar-refractivity contribution in [3.05, 3.63) is 12.0 Å². The molecular formula is C23H31F4N5O3Sn. The summed E-state index contributed by atoms with van der Waals surface area (Å²) in [5.74, 6) is -0.383. The summed E-state index contributed by atoms with van der Waals surface area (Å²) in [5.41, 5.74) is -0.740. The molecule has 0 spiro atoms. The first-order valence-electron chi connectivity index (χ1n) is 11.9. The van der Waals surface area contributed by atoms with Crippen LogP contribution >= 0.6 is 0 Å². The number of alkyl halides is 3. The molecule has 0 saturated carbocycles. The van der Waals surface area contributed by atoms with E-state index >= 15 is 4.39 Å². The van der Waals surface area contributed by atoms with Crippen molar-refractivity contribution in [1.82, 2.24) is 19.9 Å². The summed E-state index contributed by atoms with van der Waals surface area (Å²) in [6.07, 6.45) is -2.00. The second kappa shape index (κ2) is 9.32. The standard InChI is InChI=1S/C20H22F4N5O3.3CH3.Sn/c1-19(2,3)32-18(30)29-11-4-5-12(29)9-28(8-11)16-13-6-25-7-14(21)15(13)26-17(27-16)31-10-20(22,23)24;;;;/h6,11-12H,4-5,8-10H2,1-3H3;3*1H3;/t11-,12+;;;;. The Hall–Kier alpha value is -2.12. The Morgan fingerprint density at radius 2 is 1.72 bits per heavy atom. The summed E-state index contributed by atoms with van der Waals surface area (Å²) in [5, 5.41) is 0.302. The Labute approximate surface area is 211 Å². The van der Waals surface area contributed by atoms with Gasteiger partial charge in [-0.15, -0.1) is 0 Å². The normalized spacial score (nSPS) is 20.7. The molecule has 0 N–H and O–H groups in total. The first-order chi connectivity index (χ1) is 16.5. The molecule has 1 amide bonds. The van der Waals surface area contributed by atoms with Gasteiger partial charge in [0.15, 0.2) is 0 Å². The van der Waals surface area contributed by atoms with Crippen molar-refractivity contribution in [1.29, 1.82) is 0 Å². The first-order valence-corrected chi connectivity index (χ1v) is 21.8. The number of carbonyl (C=O) groups excluding carboxylic acids is 1. The van der Waals surface area contributed by atoms with Crippen molar-refractivity contribution >= 4 is 44.9 Å². The molecule has 2 aromatic rings. The summed E-state index contributed by atoms with van der Waals surface area (Å²) in [6.45, 7) is 4.54. The SMILES string of the molecule is CC(C)(C)OC(=O)N1[C@@H]2CC[C@H]1CN(c1nc(OCC(F)(F)F)nc3c(F)[c]([Sn]([CH3])([CH3])[CH3])ncc13)C2. The number of piperazine rings is 1. The van der Waals surface area contributed by atoms with E-state index in [4.69, 9.17) is 9.47 Å². The number of hydrogen-bond acceptors (Lipinski definition) is 7. The number of halogens is 4. The number of aromatic nitrogens is 3. The molecule has 2 fully saturated rings. The molecule has 0 radical (unpaired) electrons. The minimum absolute atomic E-state index is 0.101. The van der Waals surface area contributed by atoms with E-state index in [1.165, 1.54) is 6.20 Å². The average molecular weight is 620 g/mol. The number of amides is 1. The number of fused-ring (bicyclic) bond motifs is 3. The van der Waals surface area contributed by atoms with Gasteiger partial charge in [-0.05, 0) is 20.8 Å². The third-order valence-corrected chi connectivity index (χ3v) is 11.2. The van der Waals surface area contributed by atoms with E-state index in [-0.39, 0.29) is 23.4 Å². The number of pyridine rings is 1. The fourth-order valence-electron chi connectivity index (χ4n) is 4.69. The second-order valence-corrected chi connectivity index (χ2v) is 25.5. The van der Waals surface area contributed by atoms with Crippen LogP contribution in [0.1, 0.15) is 33.6 Å². The van der Waals surface area contributed by atoms with E-state index in [0.717, 1.165) is 12.8 Å². The van der Waals surface area contributed by atoms with Crippen molar-refractivity contribution in [2.45, 2.75) is 72.3 Å². The molecule has 2 aromatic heterocycles. The Bertz CT molecular complexity index is 1150. The van der Waals surface area contributed by atoms with Gasteiger partial charge < -0.3 is 0 Å². The topological polar surface area (TPSA) is 80.7 Å². The van der Waals surface area contributed by atoms with Crippen molar-refractivity contribution in [2.24, 2.45) is 0 Å². The molecule has 0 unspecified atom stereocenters. The number of anilines is 1. The van der Waals surface area contributed by atoms with Crippen LogP contribution in [0.5, 0.6) is 6.01 Å². The van der Waals surface area contributed by atoms with Gasteiger partial charge in [-0.25, -0.2) is 0 Å². The zero-order chi connectivity index (χ0) is 26.6. The van der Waals surface area contributed by atoms with Crippen LogP contribution in [0.3, 0.4) is 0 Å². The molecule has 0 aliphatic carbocycles. The quantitative estimate of drug-likeness (QED) is 0.374. The molecule has 198 valence electrons. The zero-order valence-corrected chi connectivity index (χ0v) is 24.1. The van der Waals surface area contributed by atoms with Crippen LogP contribution in [0.2, 0.25) is 14.8 Å². The second-order valence-electron chi connectivity index (χ2n) is 11.3. The van der Waals surface area contributed by atoms with Gasteiger partial charge in [-0.1, -0.05) is 0 Å². The average Bonchev–Trinajstić information content (AvgIpc) is 2.99. The van der Waals surface area contributed by atoms with Crippen LogP contribution in [0.4, 0.5) is 28.2 Å². The summed E-state index contributed by atoms with van der Waals surface area (Å²) in [4.78, 5) is 35.0. The molecule has 36 heavy (non-hydrogen) atoms. The number of nitrogens with zero attached hydrogens (tertiary/aromatic N) is 5. The van der Waals surface area contributed by atoms with Crippen LogP contribution < -0.4 is 13.3 Å². The molecule has 0 aromatic carbocycles. The van der Waals surface area contributed by atoms with Gasteiger partial charge in [-0.2, -0.15) is 0 Å². The molecule has 2 bridgehead atoms. The number of hydrogen-bond donors (Lipinski definition) is 0. The van der Waals surface area contributed by atoms with Gasteiger partial charge in [-0.3, -0.25) is 0 Å². The molecule has 13 heteroatoms. The molecule has 2 aliphatic rings. The molecule has 8 nitrogen and oxygen atoms in total. The molecule has 2 atom stereocenters. The maximum absolute atomic E-state index is 15.6. The van der Waals surface area contributed by atoms with Gasteiger partial charge in [0, 0.05) is 0 Å². The first kappa shape index (κ1) is 26.9. The van der Waals surface area contributed by atoms with Crippen molar-refractivity contribution in [3.8, 4) is 6.01 Å². The van der Waals surface area contributed by atoms with Gasteiger partial charge >= 0.3 is 191 Å². The number of rotatable bonds is 4. The predicted molar refractivity (Wildman–Crippen MR) is 129 cm³/mol. The summed E-state index contributed by atoms with van der Waals surface area (Å²) in [6, 6.07) is -0.895. The predicted octanol–water partition coefficient (Wildman–Crippen LogP) is 4.24. The molecule has 4 rings (SSSR count). The Morgan fingerprint density at radius 3 is 2.25 bits per heavy atom. The summed E-state index contributed by atoms with van der Waals surface area (Å²) in [7, 11) is 0. The third kappa shape index (κ3) is 5.72. The Balaban J connectivity index is 1.73. The van der Waals surface area contributed by atoms with E-state index in [2.05, 4.69) is 15.0 Å². The van der Waals surface area contributed by atoms with E-state index in [0.29, 0.717) is 22.2 Å². The zero-order valence-electron chi connectivity index (χ0n) is 21.2.